The first kappa shape index (κ1) is 14.4. The fourth-order valence-electron chi connectivity index (χ4n) is 2.44. The van der Waals surface area contributed by atoms with Crippen LogP contribution in [0.4, 0.5) is 18.9 Å². The van der Waals surface area contributed by atoms with Crippen LogP contribution in [0, 0.1) is 0 Å². The Hall–Kier alpha value is -2.49. The van der Waals surface area contributed by atoms with E-state index in [-0.39, 0.29) is 5.56 Å². The van der Waals surface area contributed by atoms with Gasteiger partial charge in [-0.2, -0.15) is 13.2 Å². The average molecular weight is 301 g/mol. The summed E-state index contributed by atoms with van der Waals surface area (Å²) in [7, 11) is 0. The lowest BCUT2D eigenvalue weighted by Crippen LogP contribution is -2.27. The molecule has 1 unspecified atom stereocenters. The molecule has 0 spiro atoms. The van der Waals surface area contributed by atoms with Gasteiger partial charge in [0.2, 0.25) is 0 Å². The highest BCUT2D eigenvalue weighted by molar-refractivity contribution is 5.83. The van der Waals surface area contributed by atoms with Gasteiger partial charge in [-0.3, -0.25) is 0 Å². The van der Waals surface area contributed by atoms with Crippen molar-refractivity contribution in [2.75, 3.05) is 5.32 Å². The lowest BCUT2D eigenvalue weighted by atomic mass is 10.0. The van der Waals surface area contributed by atoms with Crippen LogP contribution < -0.4 is 5.32 Å². The second-order valence-corrected chi connectivity index (χ2v) is 5.09. The number of rotatable bonds is 3. The quantitative estimate of drug-likeness (QED) is 0.668. The van der Waals surface area contributed by atoms with Crippen molar-refractivity contribution in [1.29, 1.82) is 0 Å². The number of halogens is 3. The van der Waals surface area contributed by atoms with Gasteiger partial charge in [0.15, 0.2) is 0 Å². The second kappa shape index (κ2) is 5.72. The second-order valence-electron chi connectivity index (χ2n) is 5.09. The SMILES string of the molecule is FC(F)(F)C(Nc1ccccc1)c1ccc2ccccc2c1. The Morgan fingerprint density at radius 1 is 0.727 bits per heavy atom. The van der Waals surface area contributed by atoms with Crippen LogP contribution in [0.15, 0.2) is 72.8 Å². The van der Waals surface area contributed by atoms with Crippen molar-refractivity contribution in [3.8, 4) is 0 Å². The summed E-state index contributed by atoms with van der Waals surface area (Å²) >= 11 is 0. The van der Waals surface area contributed by atoms with Gasteiger partial charge in [-0.05, 0) is 34.5 Å². The molecular weight excluding hydrogens is 287 g/mol. The van der Waals surface area contributed by atoms with Crippen LogP contribution in [0.25, 0.3) is 10.8 Å². The summed E-state index contributed by atoms with van der Waals surface area (Å²) in [5.74, 6) is 0. The van der Waals surface area contributed by atoms with Gasteiger partial charge in [-0.1, -0.05) is 54.6 Å². The predicted molar refractivity (Wildman–Crippen MR) is 82.8 cm³/mol. The fourth-order valence-corrected chi connectivity index (χ4v) is 2.44. The van der Waals surface area contributed by atoms with Gasteiger partial charge < -0.3 is 5.32 Å². The third-order valence-electron chi connectivity index (χ3n) is 3.52. The molecule has 0 amide bonds. The van der Waals surface area contributed by atoms with Crippen molar-refractivity contribution in [2.24, 2.45) is 0 Å². The van der Waals surface area contributed by atoms with Crippen molar-refractivity contribution in [3.05, 3.63) is 78.4 Å². The summed E-state index contributed by atoms with van der Waals surface area (Å²) in [6.45, 7) is 0. The molecule has 0 aliphatic carbocycles. The van der Waals surface area contributed by atoms with Crippen molar-refractivity contribution < 1.29 is 13.2 Å². The molecule has 3 aromatic carbocycles. The van der Waals surface area contributed by atoms with Crippen LogP contribution in [-0.4, -0.2) is 6.18 Å². The molecular formula is C18H14F3N. The van der Waals surface area contributed by atoms with Crippen molar-refractivity contribution in [1.82, 2.24) is 0 Å². The zero-order chi connectivity index (χ0) is 15.6. The van der Waals surface area contributed by atoms with Gasteiger partial charge in [0.25, 0.3) is 0 Å². The van der Waals surface area contributed by atoms with E-state index >= 15 is 0 Å². The molecule has 22 heavy (non-hydrogen) atoms. The summed E-state index contributed by atoms with van der Waals surface area (Å²) in [5, 5.41) is 4.29. The van der Waals surface area contributed by atoms with Crippen LogP contribution in [-0.2, 0) is 0 Å². The topological polar surface area (TPSA) is 12.0 Å². The number of anilines is 1. The summed E-state index contributed by atoms with van der Waals surface area (Å²) in [6.07, 6.45) is -4.38. The number of benzene rings is 3. The molecule has 4 heteroatoms. The van der Waals surface area contributed by atoms with E-state index in [1.807, 2.05) is 24.3 Å². The lowest BCUT2D eigenvalue weighted by molar-refractivity contribution is -0.143. The molecule has 0 radical (unpaired) electrons. The zero-order valence-electron chi connectivity index (χ0n) is 11.6. The molecule has 0 fully saturated rings. The highest BCUT2D eigenvalue weighted by Crippen LogP contribution is 2.36. The minimum Gasteiger partial charge on any atom is -0.370 e. The van der Waals surface area contributed by atoms with E-state index in [0.29, 0.717) is 5.69 Å². The standard InChI is InChI=1S/C18H14F3N/c19-18(20,21)17(22-16-8-2-1-3-9-16)15-11-10-13-6-4-5-7-14(13)12-15/h1-12,17,22H. The Bertz CT molecular complexity index is 766. The zero-order valence-corrected chi connectivity index (χ0v) is 11.6. The highest BCUT2D eigenvalue weighted by atomic mass is 19.4. The predicted octanol–water partition coefficient (Wildman–Crippen LogP) is 5.56. The number of para-hydroxylation sites is 1. The molecule has 3 rings (SSSR count). The molecule has 1 nitrogen and oxygen atoms in total. The van der Waals surface area contributed by atoms with Gasteiger partial charge in [0, 0.05) is 5.69 Å². The molecule has 0 aliphatic rings. The van der Waals surface area contributed by atoms with Crippen LogP contribution in [0.5, 0.6) is 0 Å². The summed E-state index contributed by atoms with van der Waals surface area (Å²) in [5.41, 5.74) is 0.646. The van der Waals surface area contributed by atoms with Crippen molar-refractivity contribution >= 4 is 16.5 Å². The van der Waals surface area contributed by atoms with Gasteiger partial charge in [-0.25, -0.2) is 0 Å². The van der Waals surface area contributed by atoms with Gasteiger partial charge >= 0.3 is 6.18 Å². The molecule has 0 aromatic heterocycles. The molecule has 0 saturated heterocycles. The number of fused-ring (bicyclic) bond motifs is 1. The molecule has 112 valence electrons. The largest absolute Gasteiger partial charge is 0.412 e. The van der Waals surface area contributed by atoms with Gasteiger partial charge in [0.1, 0.15) is 6.04 Å². The average Bonchev–Trinajstić information content (AvgIpc) is 2.52. The maximum Gasteiger partial charge on any atom is 0.412 e. The van der Waals surface area contributed by atoms with E-state index in [1.165, 1.54) is 6.07 Å². The van der Waals surface area contributed by atoms with E-state index in [4.69, 9.17) is 0 Å². The lowest BCUT2D eigenvalue weighted by Gasteiger charge is -2.23. The maximum absolute atomic E-state index is 13.4. The summed E-state index contributed by atoms with van der Waals surface area (Å²) in [4.78, 5) is 0. The van der Waals surface area contributed by atoms with Crippen LogP contribution in [0.3, 0.4) is 0 Å². The van der Waals surface area contributed by atoms with E-state index in [9.17, 15) is 13.2 Å². The third-order valence-corrected chi connectivity index (χ3v) is 3.52. The van der Waals surface area contributed by atoms with Crippen LogP contribution in [0.2, 0.25) is 0 Å². The Kier molecular flexibility index (Phi) is 3.75. The molecule has 0 aliphatic heterocycles. The fraction of sp³-hybridized carbons (Fsp3) is 0.111. The van der Waals surface area contributed by atoms with E-state index in [2.05, 4.69) is 5.32 Å². The number of nitrogens with one attached hydrogen (secondary N) is 1. The van der Waals surface area contributed by atoms with E-state index in [0.717, 1.165) is 10.8 Å². The molecule has 1 N–H and O–H groups in total. The molecule has 3 aromatic rings. The smallest absolute Gasteiger partial charge is 0.370 e. The Balaban J connectivity index is 2.00. The minimum absolute atomic E-state index is 0.204. The Morgan fingerprint density at radius 2 is 1.36 bits per heavy atom. The Labute approximate surface area is 126 Å². The maximum atomic E-state index is 13.4. The van der Waals surface area contributed by atoms with E-state index in [1.54, 1.807) is 42.5 Å². The molecule has 0 heterocycles. The normalized spacial score (nSPS) is 13.0. The van der Waals surface area contributed by atoms with Crippen LogP contribution in [0.1, 0.15) is 11.6 Å². The first-order chi connectivity index (χ1) is 10.5. The summed E-state index contributed by atoms with van der Waals surface area (Å²) in [6, 6.07) is 18.9. The molecule has 1 atom stereocenters. The molecule has 0 bridgehead atoms. The first-order valence-electron chi connectivity index (χ1n) is 6.91. The van der Waals surface area contributed by atoms with E-state index < -0.39 is 12.2 Å². The molecule has 0 saturated carbocycles. The number of hydrogen-bond donors (Lipinski definition) is 1. The van der Waals surface area contributed by atoms with Crippen molar-refractivity contribution in [2.45, 2.75) is 12.2 Å². The van der Waals surface area contributed by atoms with Gasteiger partial charge in [-0.15, -0.1) is 0 Å². The third kappa shape index (κ3) is 3.06. The number of alkyl halides is 3. The number of hydrogen-bond acceptors (Lipinski definition) is 1. The minimum atomic E-state index is -4.38. The first-order valence-corrected chi connectivity index (χ1v) is 6.91. The monoisotopic (exact) mass is 301 g/mol. The van der Waals surface area contributed by atoms with Crippen molar-refractivity contribution in [3.63, 3.8) is 0 Å². The van der Waals surface area contributed by atoms with Crippen LogP contribution >= 0.6 is 0 Å². The highest BCUT2D eigenvalue weighted by Gasteiger charge is 2.40. The van der Waals surface area contributed by atoms with Gasteiger partial charge in [0.05, 0.1) is 0 Å². The summed E-state index contributed by atoms with van der Waals surface area (Å²) < 4.78 is 40.3. The Morgan fingerprint density at radius 3 is 2.05 bits per heavy atom.